The van der Waals surface area contributed by atoms with Crippen molar-refractivity contribution in [3.63, 3.8) is 0 Å². The van der Waals surface area contributed by atoms with E-state index in [-0.39, 0.29) is 0 Å². The molecule has 0 atom stereocenters. The highest BCUT2D eigenvalue weighted by Gasteiger charge is 2.14. The summed E-state index contributed by atoms with van der Waals surface area (Å²) in [5.41, 5.74) is 2.03. The first kappa shape index (κ1) is 8.74. The number of rotatable bonds is 0. The van der Waals surface area contributed by atoms with Gasteiger partial charge in [0.15, 0.2) is 0 Å². The molecular weight excluding hydrogens is 208 g/mol. The van der Waals surface area contributed by atoms with Crippen LogP contribution in [0.15, 0.2) is 35.3 Å². The quantitative estimate of drug-likeness (QED) is 0.657. The van der Waals surface area contributed by atoms with Crippen molar-refractivity contribution < 1.29 is 0 Å². The van der Waals surface area contributed by atoms with Crippen LogP contribution in [0.5, 0.6) is 0 Å². The van der Waals surface area contributed by atoms with Gasteiger partial charge in [-0.15, -0.1) is 0 Å². The van der Waals surface area contributed by atoms with Crippen molar-refractivity contribution in [3.8, 4) is 0 Å². The molecule has 3 heteroatoms. The minimum atomic E-state index is 0.708. The van der Waals surface area contributed by atoms with Gasteiger partial charge < -0.3 is 4.90 Å². The SMILES string of the molecule is CN1C=Nc2c(Cl)ccc3cccc1c23. The number of nitrogens with zero attached hydrogens (tertiary/aromatic N) is 2. The van der Waals surface area contributed by atoms with Gasteiger partial charge >= 0.3 is 0 Å². The minimum absolute atomic E-state index is 0.708. The Labute approximate surface area is 92.8 Å². The second-order valence-corrected chi connectivity index (χ2v) is 4.03. The summed E-state index contributed by atoms with van der Waals surface area (Å²) in [5.74, 6) is 0. The summed E-state index contributed by atoms with van der Waals surface area (Å²) in [6, 6.07) is 10.1. The second-order valence-electron chi connectivity index (χ2n) is 3.63. The molecule has 0 bridgehead atoms. The van der Waals surface area contributed by atoms with Crippen LogP contribution in [-0.4, -0.2) is 13.4 Å². The average molecular weight is 217 g/mol. The highest BCUT2D eigenvalue weighted by Crippen LogP contribution is 2.40. The van der Waals surface area contributed by atoms with Gasteiger partial charge in [-0.3, -0.25) is 0 Å². The Kier molecular flexibility index (Phi) is 1.73. The molecule has 1 heterocycles. The lowest BCUT2D eigenvalue weighted by Gasteiger charge is -2.21. The van der Waals surface area contributed by atoms with Gasteiger partial charge in [-0.1, -0.05) is 29.8 Å². The summed E-state index contributed by atoms with van der Waals surface area (Å²) in [6.45, 7) is 0. The molecule has 0 unspecified atom stereocenters. The molecule has 0 amide bonds. The van der Waals surface area contributed by atoms with Crippen LogP contribution in [0.1, 0.15) is 0 Å². The van der Waals surface area contributed by atoms with Crippen LogP contribution in [0.2, 0.25) is 5.02 Å². The van der Waals surface area contributed by atoms with Crippen molar-refractivity contribution in [2.45, 2.75) is 0 Å². The highest BCUT2D eigenvalue weighted by atomic mass is 35.5. The standard InChI is InChI=1S/C12H9ClN2/c1-15-7-14-12-9(13)6-5-8-3-2-4-10(15)11(8)12/h2-7H,1H3. The Morgan fingerprint density at radius 2 is 2.07 bits per heavy atom. The molecule has 2 aromatic carbocycles. The molecule has 0 aliphatic carbocycles. The van der Waals surface area contributed by atoms with Crippen molar-refractivity contribution >= 4 is 40.1 Å². The zero-order chi connectivity index (χ0) is 10.4. The fourth-order valence-corrected chi connectivity index (χ4v) is 2.15. The summed E-state index contributed by atoms with van der Waals surface area (Å²) >= 11 is 6.12. The van der Waals surface area contributed by atoms with Crippen molar-refractivity contribution in [1.82, 2.24) is 0 Å². The van der Waals surface area contributed by atoms with Gasteiger partial charge in [-0.25, -0.2) is 4.99 Å². The largest absolute Gasteiger partial charge is 0.335 e. The fraction of sp³-hybridized carbons (Fsp3) is 0.0833. The zero-order valence-corrected chi connectivity index (χ0v) is 8.99. The molecule has 0 saturated heterocycles. The van der Waals surface area contributed by atoms with Gasteiger partial charge in [0.1, 0.15) is 0 Å². The lowest BCUT2D eigenvalue weighted by atomic mass is 10.1. The average Bonchev–Trinajstić information content (AvgIpc) is 2.26. The van der Waals surface area contributed by atoms with Crippen molar-refractivity contribution in [2.75, 3.05) is 11.9 Å². The molecule has 0 saturated carbocycles. The number of benzene rings is 2. The summed E-state index contributed by atoms with van der Waals surface area (Å²) in [7, 11) is 1.99. The topological polar surface area (TPSA) is 15.6 Å². The third kappa shape index (κ3) is 1.15. The Morgan fingerprint density at radius 1 is 1.20 bits per heavy atom. The maximum Gasteiger partial charge on any atom is 0.0955 e. The normalized spacial score (nSPS) is 13.6. The van der Waals surface area contributed by atoms with Gasteiger partial charge in [0.2, 0.25) is 0 Å². The molecule has 2 nitrogen and oxygen atoms in total. The first-order valence-electron chi connectivity index (χ1n) is 4.75. The van der Waals surface area contributed by atoms with E-state index >= 15 is 0 Å². The van der Waals surface area contributed by atoms with Crippen LogP contribution >= 0.6 is 11.6 Å². The van der Waals surface area contributed by atoms with E-state index < -0.39 is 0 Å². The van der Waals surface area contributed by atoms with Crippen molar-refractivity contribution in [3.05, 3.63) is 35.4 Å². The maximum absolute atomic E-state index is 6.12. The van der Waals surface area contributed by atoms with E-state index in [1.54, 1.807) is 6.34 Å². The predicted octanol–water partition coefficient (Wildman–Crippen LogP) is 3.60. The number of halogens is 1. The number of aliphatic imine (C=N–C) groups is 1. The van der Waals surface area contributed by atoms with Crippen LogP contribution in [0.3, 0.4) is 0 Å². The van der Waals surface area contributed by atoms with Gasteiger partial charge in [-0.05, 0) is 17.5 Å². The molecule has 0 radical (unpaired) electrons. The Morgan fingerprint density at radius 3 is 2.93 bits per heavy atom. The van der Waals surface area contributed by atoms with Crippen molar-refractivity contribution in [1.29, 1.82) is 0 Å². The van der Waals surface area contributed by atoms with E-state index in [0.717, 1.165) is 16.8 Å². The van der Waals surface area contributed by atoms with Gasteiger partial charge in [-0.2, -0.15) is 0 Å². The van der Waals surface area contributed by atoms with Gasteiger partial charge in [0.25, 0.3) is 0 Å². The molecule has 3 rings (SSSR count). The van der Waals surface area contributed by atoms with E-state index in [9.17, 15) is 0 Å². The summed E-state index contributed by atoms with van der Waals surface area (Å²) in [4.78, 5) is 6.37. The summed E-state index contributed by atoms with van der Waals surface area (Å²) in [6.07, 6.45) is 1.79. The maximum atomic E-state index is 6.12. The molecule has 15 heavy (non-hydrogen) atoms. The monoisotopic (exact) mass is 216 g/mol. The van der Waals surface area contributed by atoms with Gasteiger partial charge in [0.05, 0.1) is 22.7 Å². The van der Waals surface area contributed by atoms with E-state index in [0.29, 0.717) is 5.02 Å². The fourth-order valence-electron chi connectivity index (χ4n) is 1.94. The molecule has 74 valence electrons. The first-order chi connectivity index (χ1) is 7.27. The lowest BCUT2D eigenvalue weighted by molar-refractivity contribution is 1.28. The molecule has 2 aromatic rings. The zero-order valence-electron chi connectivity index (χ0n) is 8.24. The summed E-state index contributed by atoms with van der Waals surface area (Å²) < 4.78 is 0. The Hall–Kier alpha value is -1.54. The minimum Gasteiger partial charge on any atom is -0.335 e. The third-order valence-corrected chi connectivity index (χ3v) is 2.99. The first-order valence-corrected chi connectivity index (χ1v) is 5.13. The predicted molar refractivity (Wildman–Crippen MR) is 65.5 cm³/mol. The molecular formula is C12H9ClN2. The highest BCUT2D eigenvalue weighted by molar-refractivity contribution is 6.35. The van der Waals surface area contributed by atoms with Gasteiger partial charge in [0, 0.05) is 12.4 Å². The van der Waals surface area contributed by atoms with E-state index in [1.165, 1.54) is 5.39 Å². The lowest BCUT2D eigenvalue weighted by Crippen LogP contribution is -2.16. The van der Waals surface area contributed by atoms with Crippen LogP contribution < -0.4 is 4.90 Å². The van der Waals surface area contributed by atoms with Crippen LogP contribution in [-0.2, 0) is 0 Å². The molecule has 0 aromatic heterocycles. The molecule has 0 spiro atoms. The number of anilines is 1. The second kappa shape index (κ2) is 2.97. The molecule has 1 aliphatic rings. The van der Waals surface area contributed by atoms with Crippen LogP contribution in [0, 0.1) is 0 Å². The van der Waals surface area contributed by atoms with E-state index in [1.807, 2.05) is 30.1 Å². The molecule has 1 aliphatic heterocycles. The van der Waals surface area contributed by atoms with E-state index in [2.05, 4.69) is 17.1 Å². The Bertz CT molecular complexity index is 575. The molecule has 0 fully saturated rings. The Balaban J connectivity index is 2.53. The van der Waals surface area contributed by atoms with Crippen LogP contribution in [0.4, 0.5) is 11.4 Å². The number of hydrogen-bond acceptors (Lipinski definition) is 2. The number of hydrogen-bond donors (Lipinski definition) is 0. The third-order valence-electron chi connectivity index (χ3n) is 2.69. The summed E-state index contributed by atoms with van der Waals surface area (Å²) in [5, 5.41) is 3.02. The molecule has 0 N–H and O–H groups in total. The smallest absolute Gasteiger partial charge is 0.0955 e. The van der Waals surface area contributed by atoms with Crippen LogP contribution in [0.25, 0.3) is 10.8 Å². The van der Waals surface area contributed by atoms with E-state index in [4.69, 9.17) is 11.6 Å². The van der Waals surface area contributed by atoms with Crippen molar-refractivity contribution in [2.24, 2.45) is 4.99 Å².